The van der Waals surface area contributed by atoms with Crippen molar-refractivity contribution in [1.29, 1.82) is 0 Å². The monoisotopic (exact) mass is 575 g/mol. The number of hydrogen-bond donors (Lipinski definition) is 3. The normalized spacial score (nSPS) is 19.5. The van der Waals surface area contributed by atoms with Gasteiger partial charge in [0, 0.05) is 68.2 Å². The van der Waals surface area contributed by atoms with Gasteiger partial charge in [0.2, 0.25) is 5.91 Å². The molecular formula is C29H33N7O6. The average Bonchev–Trinajstić information content (AvgIpc) is 3.52. The quantitative estimate of drug-likeness (QED) is 0.175. The second-order valence-electron chi connectivity index (χ2n) is 10.5. The molecule has 42 heavy (non-hydrogen) atoms. The SMILES string of the molecule is C[C@@H](/C=C/CCn1cc(CCO)nn1)[C@]1(O)C(=O)N(Cc2ccc(N3CCNCC3=O)cc2)c2ccc([N+](=O)[O-])cc21. The first-order valence-electron chi connectivity index (χ1n) is 13.8. The highest BCUT2D eigenvalue weighted by molar-refractivity contribution is 6.07. The van der Waals surface area contributed by atoms with Gasteiger partial charge in [-0.3, -0.25) is 24.4 Å². The molecule has 13 nitrogen and oxygen atoms in total. The maximum Gasteiger partial charge on any atom is 0.269 e. The molecule has 3 N–H and O–H groups in total. The van der Waals surface area contributed by atoms with Crippen molar-refractivity contribution < 1.29 is 24.7 Å². The first-order chi connectivity index (χ1) is 20.2. The second-order valence-corrected chi connectivity index (χ2v) is 10.5. The van der Waals surface area contributed by atoms with E-state index in [4.69, 9.17) is 5.11 Å². The van der Waals surface area contributed by atoms with E-state index in [-0.39, 0.29) is 36.9 Å². The van der Waals surface area contributed by atoms with Crippen LogP contribution in [0, 0.1) is 16.0 Å². The van der Waals surface area contributed by atoms with E-state index in [1.807, 2.05) is 30.3 Å². The van der Waals surface area contributed by atoms with Crippen LogP contribution in [0.2, 0.25) is 0 Å². The zero-order chi connectivity index (χ0) is 29.9. The molecule has 2 aliphatic heterocycles. The number of anilines is 2. The number of amides is 2. The van der Waals surface area contributed by atoms with Crippen LogP contribution in [0.5, 0.6) is 0 Å². The number of hydrogen-bond acceptors (Lipinski definition) is 9. The van der Waals surface area contributed by atoms with Gasteiger partial charge in [-0.15, -0.1) is 5.10 Å². The average molecular weight is 576 g/mol. The third kappa shape index (κ3) is 5.66. The lowest BCUT2D eigenvalue weighted by molar-refractivity contribution is -0.385. The topological polar surface area (TPSA) is 167 Å². The van der Waals surface area contributed by atoms with E-state index in [1.165, 1.54) is 23.1 Å². The second kappa shape index (κ2) is 12.2. The number of nitrogens with one attached hydrogen (secondary N) is 1. The third-order valence-corrected chi connectivity index (χ3v) is 7.70. The molecule has 220 valence electrons. The summed E-state index contributed by atoms with van der Waals surface area (Å²) in [5, 5.41) is 43.6. The summed E-state index contributed by atoms with van der Waals surface area (Å²) in [5.41, 5.74) is 0.603. The highest BCUT2D eigenvalue weighted by Gasteiger charge is 2.53. The standard InChI is InChI=1S/C29H33N7O6/c1-20(4-2-3-13-33-19-22(11-15-37)31-32-33)29(40)25-16-24(36(41)42)9-10-26(25)35(28(29)39)18-21-5-7-23(8-6-21)34-14-12-30-17-27(34)38/h2,4-10,16,19-20,30,37,40H,3,11-15,17-18H2,1H3/b4-2+/t20-,29+/m0/s1. The highest BCUT2D eigenvalue weighted by Crippen LogP contribution is 2.47. The predicted molar refractivity (Wildman–Crippen MR) is 154 cm³/mol. The number of nitrogens with zero attached hydrogens (tertiary/aromatic N) is 6. The Morgan fingerprint density at radius 3 is 2.71 bits per heavy atom. The van der Waals surface area contributed by atoms with Crippen LogP contribution in [0.3, 0.4) is 0 Å². The number of piperazine rings is 1. The number of aliphatic hydroxyl groups is 2. The van der Waals surface area contributed by atoms with E-state index in [1.54, 1.807) is 28.8 Å². The fourth-order valence-corrected chi connectivity index (χ4v) is 5.37. The molecule has 0 radical (unpaired) electrons. The number of allylic oxidation sites excluding steroid dienone is 1. The number of benzene rings is 2. The number of fused-ring (bicyclic) bond motifs is 1. The molecule has 0 spiro atoms. The van der Waals surface area contributed by atoms with Crippen LogP contribution in [-0.2, 0) is 34.7 Å². The molecule has 0 saturated carbocycles. The van der Waals surface area contributed by atoms with Crippen LogP contribution in [-0.4, -0.2) is 68.2 Å². The Labute approximate surface area is 242 Å². The number of non-ortho nitro benzene ring substituents is 1. The van der Waals surface area contributed by atoms with Crippen molar-refractivity contribution in [2.45, 2.75) is 38.5 Å². The molecule has 1 saturated heterocycles. The highest BCUT2D eigenvalue weighted by atomic mass is 16.6. The zero-order valence-electron chi connectivity index (χ0n) is 23.2. The van der Waals surface area contributed by atoms with Crippen molar-refractivity contribution in [3.63, 3.8) is 0 Å². The van der Waals surface area contributed by atoms with Crippen molar-refractivity contribution in [3.05, 3.63) is 87.7 Å². The summed E-state index contributed by atoms with van der Waals surface area (Å²) in [6.45, 7) is 3.90. The lowest BCUT2D eigenvalue weighted by Gasteiger charge is -2.28. The van der Waals surface area contributed by atoms with Gasteiger partial charge in [0.05, 0.1) is 29.4 Å². The molecule has 0 aliphatic carbocycles. The molecular weight excluding hydrogens is 542 g/mol. The molecule has 2 aliphatic rings. The van der Waals surface area contributed by atoms with E-state index < -0.39 is 22.3 Å². The number of nitro benzene ring substituents is 1. The predicted octanol–water partition coefficient (Wildman–Crippen LogP) is 1.67. The number of aryl methyl sites for hydroxylation is 1. The first-order valence-corrected chi connectivity index (χ1v) is 13.8. The number of aromatic nitrogens is 3. The summed E-state index contributed by atoms with van der Waals surface area (Å²) in [6, 6.07) is 11.4. The fourth-order valence-electron chi connectivity index (χ4n) is 5.37. The van der Waals surface area contributed by atoms with Crippen molar-refractivity contribution >= 4 is 28.9 Å². The molecule has 0 unspecified atom stereocenters. The minimum Gasteiger partial charge on any atom is -0.396 e. The Morgan fingerprint density at radius 1 is 1.21 bits per heavy atom. The third-order valence-electron chi connectivity index (χ3n) is 7.70. The van der Waals surface area contributed by atoms with E-state index >= 15 is 0 Å². The van der Waals surface area contributed by atoms with Crippen molar-refractivity contribution in [2.75, 3.05) is 36.0 Å². The van der Waals surface area contributed by atoms with Gasteiger partial charge in [-0.25, -0.2) is 0 Å². The number of carbonyl (C=O) groups excluding carboxylic acids is 2. The zero-order valence-corrected chi connectivity index (χ0v) is 23.2. The minimum atomic E-state index is -2.01. The molecule has 2 aromatic carbocycles. The molecule has 13 heteroatoms. The van der Waals surface area contributed by atoms with Gasteiger partial charge in [0.15, 0.2) is 5.60 Å². The lowest BCUT2D eigenvalue weighted by Crippen LogP contribution is -2.48. The lowest BCUT2D eigenvalue weighted by atomic mass is 9.82. The van der Waals surface area contributed by atoms with E-state index in [9.17, 15) is 24.8 Å². The molecule has 5 rings (SSSR count). The molecule has 0 bridgehead atoms. The molecule has 1 aromatic heterocycles. The maximum absolute atomic E-state index is 13.9. The summed E-state index contributed by atoms with van der Waals surface area (Å²) < 4.78 is 1.65. The Bertz CT molecular complexity index is 1500. The van der Waals surface area contributed by atoms with Crippen LogP contribution >= 0.6 is 0 Å². The number of rotatable bonds is 11. The molecule has 1 fully saturated rings. The summed E-state index contributed by atoms with van der Waals surface area (Å²) >= 11 is 0. The Kier molecular flexibility index (Phi) is 8.43. The summed E-state index contributed by atoms with van der Waals surface area (Å²) in [5.74, 6) is -1.28. The van der Waals surface area contributed by atoms with Gasteiger partial charge >= 0.3 is 0 Å². The van der Waals surface area contributed by atoms with Gasteiger partial charge in [0.1, 0.15) is 0 Å². The van der Waals surface area contributed by atoms with Crippen LogP contribution in [0.25, 0.3) is 0 Å². The minimum absolute atomic E-state index is 0.0117. The Morgan fingerprint density at radius 2 is 2.00 bits per heavy atom. The Hall–Kier alpha value is -4.46. The molecule has 3 aromatic rings. The Balaban J connectivity index is 1.35. The van der Waals surface area contributed by atoms with Crippen LogP contribution in [0.4, 0.5) is 17.1 Å². The largest absolute Gasteiger partial charge is 0.396 e. The molecule has 2 amide bonds. The van der Waals surface area contributed by atoms with E-state index in [0.717, 1.165) is 11.3 Å². The van der Waals surface area contributed by atoms with Gasteiger partial charge < -0.3 is 25.3 Å². The van der Waals surface area contributed by atoms with Crippen LogP contribution < -0.4 is 15.1 Å². The van der Waals surface area contributed by atoms with E-state index in [0.29, 0.717) is 43.9 Å². The summed E-state index contributed by atoms with van der Waals surface area (Å²) in [6.07, 6.45) is 6.28. The summed E-state index contributed by atoms with van der Waals surface area (Å²) in [7, 11) is 0. The van der Waals surface area contributed by atoms with Crippen molar-refractivity contribution in [3.8, 4) is 0 Å². The number of carbonyl (C=O) groups is 2. The smallest absolute Gasteiger partial charge is 0.269 e. The summed E-state index contributed by atoms with van der Waals surface area (Å²) in [4.78, 5) is 40.3. The fraction of sp³-hybridized carbons (Fsp3) is 0.379. The van der Waals surface area contributed by atoms with Crippen molar-refractivity contribution in [2.24, 2.45) is 5.92 Å². The number of aliphatic hydroxyl groups excluding tert-OH is 1. The van der Waals surface area contributed by atoms with Crippen molar-refractivity contribution in [1.82, 2.24) is 20.3 Å². The van der Waals surface area contributed by atoms with Gasteiger partial charge in [0.25, 0.3) is 11.6 Å². The van der Waals surface area contributed by atoms with Crippen LogP contribution in [0.1, 0.15) is 30.2 Å². The van der Waals surface area contributed by atoms with Crippen LogP contribution in [0.15, 0.2) is 60.8 Å². The van der Waals surface area contributed by atoms with Gasteiger partial charge in [-0.2, -0.15) is 0 Å². The van der Waals surface area contributed by atoms with E-state index in [2.05, 4.69) is 15.6 Å². The number of nitro groups is 1. The molecule has 2 atom stereocenters. The van der Waals surface area contributed by atoms with Gasteiger partial charge in [-0.1, -0.05) is 36.4 Å². The first kappa shape index (κ1) is 29.0. The maximum atomic E-state index is 13.9. The van der Waals surface area contributed by atoms with Gasteiger partial charge in [-0.05, 0) is 30.2 Å². The molecule has 3 heterocycles.